The first-order chi connectivity index (χ1) is 11.2. The van der Waals surface area contributed by atoms with Crippen LogP contribution < -0.4 is 5.32 Å². The highest BCUT2D eigenvalue weighted by Gasteiger charge is 2.30. The van der Waals surface area contributed by atoms with Crippen molar-refractivity contribution in [2.24, 2.45) is 0 Å². The third-order valence-electron chi connectivity index (χ3n) is 3.81. The van der Waals surface area contributed by atoms with Crippen LogP contribution in [0.2, 0.25) is 0 Å². The number of nitrogens with zero attached hydrogens (tertiary/aromatic N) is 3. The van der Waals surface area contributed by atoms with Gasteiger partial charge < -0.3 is 15.0 Å². The van der Waals surface area contributed by atoms with Gasteiger partial charge in [0.15, 0.2) is 5.13 Å². The Kier molecular flexibility index (Phi) is 4.88. The number of hydrogen-bond donors (Lipinski definition) is 1. The van der Waals surface area contributed by atoms with Crippen LogP contribution in [0.4, 0.5) is 10.9 Å². The average Bonchev–Trinajstić information content (AvgIpc) is 3.17. The van der Waals surface area contributed by atoms with E-state index in [9.17, 15) is 4.79 Å². The number of ether oxygens (including phenoxy) is 1. The molecule has 1 N–H and O–H groups in total. The van der Waals surface area contributed by atoms with Crippen LogP contribution in [0.25, 0.3) is 0 Å². The fourth-order valence-corrected chi connectivity index (χ4v) is 3.50. The van der Waals surface area contributed by atoms with E-state index < -0.39 is 0 Å². The molecule has 1 saturated heterocycles. The Labute approximate surface area is 139 Å². The number of hydrogen-bond acceptors (Lipinski definition) is 6. The maximum Gasteiger partial charge on any atom is 0.249 e. The van der Waals surface area contributed by atoms with Crippen LogP contribution >= 0.6 is 11.3 Å². The highest BCUT2D eigenvalue weighted by Crippen LogP contribution is 2.31. The number of aryl methyl sites for hydroxylation is 1. The van der Waals surface area contributed by atoms with E-state index in [2.05, 4.69) is 15.3 Å². The summed E-state index contributed by atoms with van der Waals surface area (Å²) in [6.45, 7) is 2.84. The van der Waals surface area contributed by atoms with Crippen molar-refractivity contribution in [1.82, 2.24) is 14.9 Å². The highest BCUT2D eigenvalue weighted by molar-refractivity contribution is 7.13. The number of nitrogens with one attached hydrogen (secondary N) is 1. The number of amides is 1. The lowest BCUT2D eigenvalue weighted by atomic mass is 10.1. The Morgan fingerprint density at radius 3 is 3.09 bits per heavy atom. The first kappa shape index (κ1) is 15.9. The van der Waals surface area contributed by atoms with Crippen molar-refractivity contribution in [3.8, 4) is 0 Å². The summed E-state index contributed by atoms with van der Waals surface area (Å²) in [4.78, 5) is 23.1. The average molecular weight is 332 g/mol. The number of pyridine rings is 1. The molecule has 1 aliphatic rings. The molecule has 2 aromatic heterocycles. The number of likely N-dealkylation sites (tertiary alicyclic amines) is 1. The van der Waals surface area contributed by atoms with Gasteiger partial charge in [0.2, 0.25) is 5.91 Å². The summed E-state index contributed by atoms with van der Waals surface area (Å²) in [5.41, 5.74) is 1.89. The number of aromatic nitrogens is 2. The Morgan fingerprint density at radius 1 is 1.48 bits per heavy atom. The van der Waals surface area contributed by atoms with Gasteiger partial charge in [-0.2, -0.15) is 0 Å². The van der Waals surface area contributed by atoms with Crippen molar-refractivity contribution in [2.45, 2.75) is 25.8 Å². The Morgan fingerprint density at radius 2 is 2.35 bits per heavy atom. The maximum absolute atomic E-state index is 12.2. The van der Waals surface area contributed by atoms with Crippen molar-refractivity contribution < 1.29 is 9.53 Å². The van der Waals surface area contributed by atoms with Crippen molar-refractivity contribution in [2.75, 3.05) is 25.6 Å². The molecule has 0 spiro atoms. The second kappa shape index (κ2) is 7.06. The molecule has 0 bridgehead atoms. The van der Waals surface area contributed by atoms with Crippen molar-refractivity contribution in [1.29, 1.82) is 0 Å². The van der Waals surface area contributed by atoms with E-state index >= 15 is 0 Å². The standard InChI is InChI=1S/C16H20N4O2S/c1-11-10-23-16(17-11)19-14-7-3-5-12(18-14)13-6-4-8-20(13)15(21)9-22-2/h3,5,7,10,13H,4,6,8-9H2,1-2H3,(H,17,18,19). The van der Waals surface area contributed by atoms with Gasteiger partial charge in [-0.1, -0.05) is 6.07 Å². The SMILES string of the molecule is COCC(=O)N1CCCC1c1cccc(Nc2nc(C)cs2)n1. The number of thiazole rings is 1. The molecule has 0 radical (unpaired) electrons. The van der Waals surface area contributed by atoms with E-state index in [4.69, 9.17) is 4.74 Å². The van der Waals surface area contributed by atoms with E-state index in [1.165, 1.54) is 0 Å². The van der Waals surface area contributed by atoms with Gasteiger partial charge in [0.05, 0.1) is 17.4 Å². The molecular formula is C16H20N4O2S. The molecule has 7 heteroatoms. The first-order valence-electron chi connectivity index (χ1n) is 7.62. The second-order valence-electron chi connectivity index (χ2n) is 5.54. The van der Waals surface area contributed by atoms with E-state index in [-0.39, 0.29) is 18.6 Å². The molecule has 1 unspecified atom stereocenters. The number of carbonyl (C=O) groups excluding carboxylic acids is 1. The summed E-state index contributed by atoms with van der Waals surface area (Å²) in [6, 6.07) is 5.87. The molecule has 1 atom stereocenters. The van der Waals surface area contributed by atoms with E-state index in [1.807, 2.05) is 35.4 Å². The zero-order chi connectivity index (χ0) is 16.2. The third-order valence-corrected chi connectivity index (χ3v) is 4.68. The topological polar surface area (TPSA) is 67.3 Å². The van der Waals surface area contributed by atoms with Gasteiger partial charge in [0, 0.05) is 19.0 Å². The normalized spacial score (nSPS) is 17.5. The molecule has 2 aromatic rings. The van der Waals surface area contributed by atoms with Crippen molar-refractivity contribution in [3.05, 3.63) is 35.0 Å². The number of methoxy groups -OCH3 is 1. The predicted molar refractivity (Wildman–Crippen MR) is 89.9 cm³/mol. The minimum absolute atomic E-state index is 0.0192. The molecule has 1 fully saturated rings. The van der Waals surface area contributed by atoms with Gasteiger partial charge in [-0.25, -0.2) is 9.97 Å². The summed E-state index contributed by atoms with van der Waals surface area (Å²) < 4.78 is 4.97. The fourth-order valence-electron chi connectivity index (χ4n) is 2.81. The maximum atomic E-state index is 12.2. The largest absolute Gasteiger partial charge is 0.375 e. The van der Waals surface area contributed by atoms with Gasteiger partial charge in [0.25, 0.3) is 0 Å². The second-order valence-corrected chi connectivity index (χ2v) is 6.40. The minimum atomic E-state index is 0.0192. The van der Waals surface area contributed by atoms with Crippen molar-refractivity contribution in [3.63, 3.8) is 0 Å². The number of carbonyl (C=O) groups is 1. The summed E-state index contributed by atoms with van der Waals surface area (Å²) in [5, 5.41) is 6.05. The van der Waals surface area contributed by atoms with Gasteiger partial charge >= 0.3 is 0 Å². The van der Waals surface area contributed by atoms with Crippen LogP contribution in [0.3, 0.4) is 0 Å². The zero-order valence-corrected chi connectivity index (χ0v) is 14.1. The fraction of sp³-hybridized carbons (Fsp3) is 0.438. The Hall–Kier alpha value is -1.99. The van der Waals surface area contributed by atoms with Gasteiger partial charge in [-0.3, -0.25) is 4.79 Å². The molecule has 122 valence electrons. The molecule has 6 nitrogen and oxygen atoms in total. The zero-order valence-electron chi connectivity index (χ0n) is 13.3. The molecule has 0 aromatic carbocycles. The molecule has 0 aliphatic carbocycles. The number of anilines is 2. The van der Waals surface area contributed by atoms with Crippen LogP contribution in [0.15, 0.2) is 23.6 Å². The Bertz CT molecular complexity index is 688. The Balaban J connectivity index is 1.77. The van der Waals surface area contributed by atoms with Crippen molar-refractivity contribution >= 4 is 28.2 Å². The molecular weight excluding hydrogens is 312 g/mol. The van der Waals surface area contributed by atoms with Crippen LogP contribution in [0.5, 0.6) is 0 Å². The monoisotopic (exact) mass is 332 g/mol. The molecule has 0 saturated carbocycles. The summed E-state index contributed by atoms with van der Waals surface area (Å²) in [5.74, 6) is 0.772. The van der Waals surface area contributed by atoms with Crippen LogP contribution in [0, 0.1) is 6.92 Å². The lowest BCUT2D eigenvalue weighted by Crippen LogP contribution is -2.33. The predicted octanol–water partition coefficient (Wildman–Crippen LogP) is 2.90. The lowest BCUT2D eigenvalue weighted by Gasteiger charge is -2.24. The minimum Gasteiger partial charge on any atom is -0.375 e. The third kappa shape index (κ3) is 3.68. The van der Waals surface area contributed by atoms with Crippen LogP contribution in [-0.4, -0.2) is 41.0 Å². The van der Waals surface area contributed by atoms with E-state index in [0.29, 0.717) is 0 Å². The highest BCUT2D eigenvalue weighted by atomic mass is 32.1. The number of rotatable bonds is 5. The smallest absolute Gasteiger partial charge is 0.249 e. The molecule has 23 heavy (non-hydrogen) atoms. The van der Waals surface area contributed by atoms with Gasteiger partial charge in [-0.15, -0.1) is 11.3 Å². The van der Waals surface area contributed by atoms with E-state index in [1.54, 1.807) is 18.4 Å². The molecule has 1 aliphatic heterocycles. The van der Waals surface area contributed by atoms with Crippen LogP contribution in [0.1, 0.15) is 30.3 Å². The molecule has 3 heterocycles. The molecule has 1 amide bonds. The first-order valence-corrected chi connectivity index (χ1v) is 8.50. The lowest BCUT2D eigenvalue weighted by molar-refractivity contribution is -0.136. The van der Waals surface area contributed by atoms with Gasteiger partial charge in [0.1, 0.15) is 12.4 Å². The summed E-state index contributed by atoms with van der Waals surface area (Å²) in [6.07, 6.45) is 1.92. The van der Waals surface area contributed by atoms with Gasteiger partial charge in [-0.05, 0) is 31.9 Å². The van der Waals surface area contributed by atoms with Crippen LogP contribution in [-0.2, 0) is 9.53 Å². The van der Waals surface area contributed by atoms with E-state index in [0.717, 1.165) is 41.7 Å². The summed E-state index contributed by atoms with van der Waals surface area (Å²) in [7, 11) is 1.54. The molecule has 3 rings (SSSR count). The quantitative estimate of drug-likeness (QED) is 0.912. The summed E-state index contributed by atoms with van der Waals surface area (Å²) >= 11 is 1.55.